The smallest absolute Gasteiger partial charge is 0.324 e. The molecule has 0 fully saturated rings. The van der Waals surface area contributed by atoms with Crippen LogP contribution in [-0.4, -0.2) is 37.7 Å². The van der Waals surface area contributed by atoms with Crippen LogP contribution in [0.4, 0.5) is 24.5 Å². The highest BCUT2D eigenvalue weighted by atomic mass is 19.4. The first-order valence-corrected chi connectivity index (χ1v) is 11.0. The molecule has 3 aromatic heterocycles. The summed E-state index contributed by atoms with van der Waals surface area (Å²) in [5.74, 6) is -0.697. The minimum absolute atomic E-state index is 0.143. The summed E-state index contributed by atoms with van der Waals surface area (Å²) in [6.07, 6.45) is 1.18. The Morgan fingerprint density at radius 1 is 1.17 bits per heavy atom. The molecule has 0 saturated carbocycles. The van der Waals surface area contributed by atoms with Crippen molar-refractivity contribution in [3.63, 3.8) is 0 Å². The Morgan fingerprint density at radius 3 is 2.54 bits per heavy atom. The number of aryl methyl sites for hydroxylation is 1. The van der Waals surface area contributed by atoms with E-state index in [0.717, 1.165) is 4.68 Å². The van der Waals surface area contributed by atoms with Gasteiger partial charge in [-0.15, -0.1) is 0 Å². The Labute approximate surface area is 200 Å². The molecule has 0 bridgehead atoms. The molecule has 184 valence electrons. The van der Waals surface area contributed by atoms with Gasteiger partial charge in [0.1, 0.15) is 6.54 Å². The molecule has 0 atom stereocenters. The van der Waals surface area contributed by atoms with Crippen molar-refractivity contribution in [3.8, 4) is 11.3 Å². The summed E-state index contributed by atoms with van der Waals surface area (Å²) in [5, 5.41) is 6.59. The van der Waals surface area contributed by atoms with Gasteiger partial charge in [-0.3, -0.25) is 24.2 Å². The fourth-order valence-corrected chi connectivity index (χ4v) is 4.12. The first kappa shape index (κ1) is 24.4. The number of hydrogen-bond donors (Lipinski definition) is 1. The standard InChI is InChI=1S/C24H25F3N6O2/c1-13(2)21(34)30-16-7-15(8-28-9-16)18-6-14(3)19-20(31-18)23(4,5)33(22(19)35)17-10-29-32(11-17)12-24(25,26)27/h6-11,13H,12H2,1-5H3,(H,30,34). The summed E-state index contributed by atoms with van der Waals surface area (Å²) in [5.41, 5.74) is 2.61. The van der Waals surface area contributed by atoms with E-state index in [2.05, 4.69) is 15.4 Å². The monoisotopic (exact) mass is 486 g/mol. The predicted octanol–water partition coefficient (Wildman–Crippen LogP) is 4.70. The third-order valence-corrected chi connectivity index (χ3v) is 5.82. The summed E-state index contributed by atoms with van der Waals surface area (Å²) in [6.45, 7) is 7.68. The van der Waals surface area contributed by atoms with Crippen LogP contribution in [-0.2, 0) is 16.9 Å². The topological polar surface area (TPSA) is 93.0 Å². The lowest BCUT2D eigenvalue weighted by molar-refractivity contribution is -0.142. The van der Waals surface area contributed by atoms with E-state index in [1.54, 1.807) is 52.9 Å². The number of nitrogens with one attached hydrogen (secondary N) is 1. The fraction of sp³-hybridized carbons (Fsp3) is 0.375. The van der Waals surface area contributed by atoms with E-state index >= 15 is 0 Å². The van der Waals surface area contributed by atoms with Crippen LogP contribution in [0.2, 0.25) is 0 Å². The summed E-state index contributed by atoms with van der Waals surface area (Å²) >= 11 is 0. The van der Waals surface area contributed by atoms with E-state index in [-0.39, 0.29) is 23.4 Å². The highest BCUT2D eigenvalue weighted by molar-refractivity contribution is 6.12. The Morgan fingerprint density at radius 2 is 1.89 bits per heavy atom. The molecule has 1 N–H and O–H groups in total. The Kier molecular flexibility index (Phi) is 5.90. The molecule has 4 rings (SSSR count). The van der Waals surface area contributed by atoms with Gasteiger partial charge in [0.05, 0.1) is 46.3 Å². The zero-order valence-corrected chi connectivity index (χ0v) is 19.9. The van der Waals surface area contributed by atoms with Crippen LogP contribution in [0.15, 0.2) is 36.9 Å². The number of anilines is 2. The van der Waals surface area contributed by atoms with Gasteiger partial charge in [0.25, 0.3) is 5.91 Å². The molecule has 0 unspecified atom stereocenters. The average molecular weight is 486 g/mol. The van der Waals surface area contributed by atoms with E-state index in [1.165, 1.54) is 23.5 Å². The highest BCUT2D eigenvalue weighted by Gasteiger charge is 2.47. The van der Waals surface area contributed by atoms with Gasteiger partial charge in [-0.05, 0) is 38.5 Å². The largest absolute Gasteiger partial charge is 0.408 e. The molecule has 0 saturated heterocycles. The van der Waals surface area contributed by atoms with Crippen LogP contribution in [0, 0.1) is 12.8 Å². The van der Waals surface area contributed by atoms with Crippen molar-refractivity contribution in [2.24, 2.45) is 5.92 Å². The quantitative estimate of drug-likeness (QED) is 0.564. The zero-order chi connectivity index (χ0) is 25.7. The molecule has 3 aromatic rings. The maximum Gasteiger partial charge on any atom is 0.408 e. The van der Waals surface area contributed by atoms with Gasteiger partial charge >= 0.3 is 6.18 Å². The highest BCUT2D eigenvalue weighted by Crippen LogP contribution is 2.43. The first-order chi connectivity index (χ1) is 16.3. The number of halogens is 3. The van der Waals surface area contributed by atoms with Gasteiger partial charge in [-0.1, -0.05) is 13.8 Å². The number of amides is 2. The van der Waals surface area contributed by atoms with Gasteiger partial charge < -0.3 is 5.32 Å². The molecular weight excluding hydrogens is 461 g/mol. The molecule has 8 nitrogen and oxygen atoms in total. The lowest BCUT2D eigenvalue weighted by atomic mass is 9.96. The second-order valence-electron chi connectivity index (χ2n) is 9.37. The van der Waals surface area contributed by atoms with Crippen LogP contribution < -0.4 is 10.2 Å². The Balaban J connectivity index is 1.71. The summed E-state index contributed by atoms with van der Waals surface area (Å²) in [7, 11) is 0. The average Bonchev–Trinajstić information content (AvgIpc) is 3.26. The molecule has 0 aromatic carbocycles. The lowest BCUT2D eigenvalue weighted by Crippen LogP contribution is -2.39. The van der Waals surface area contributed by atoms with Gasteiger partial charge in [-0.2, -0.15) is 18.3 Å². The molecule has 1 aliphatic rings. The van der Waals surface area contributed by atoms with E-state index in [0.29, 0.717) is 33.8 Å². The molecule has 0 spiro atoms. The number of aromatic nitrogens is 4. The molecule has 1 aliphatic heterocycles. The van der Waals surface area contributed by atoms with Crippen molar-refractivity contribution in [1.29, 1.82) is 0 Å². The van der Waals surface area contributed by atoms with Crippen molar-refractivity contribution < 1.29 is 22.8 Å². The summed E-state index contributed by atoms with van der Waals surface area (Å²) in [6, 6.07) is 3.51. The van der Waals surface area contributed by atoms with Crippen molar-refractivity contribution in [2.45, 2.75) is 52.9 Å². The van der Waals surface area contributed by atoms with E-state index in [4.69, 9.17) is 4.98 Å². The van der Waals surface area contributed by atoms with Crippen LogP contribution >= 0.6 is 0 Å². The molecule has 0 aliphatic carbocycles. The number of rotatable bonds is 5. The first-order valence-electron chi connectivity index (χ1n) is 11.0. The van der Waals surface area contributed by atoms with Crippen LogP contribution in [0.5, 0.6) is 0 Å². The SMILES string of the molecule is Cc1cc(-c2cncc(NC(=O)C(C)C)c2)nc2c1C(=O)N(c1cnn(CC(F)(F)F)c1)C2(C)C. The number of carbonyl (C=O) groups excluding carboxylic acids is 2. The van der Waals surface area contributed by atoms with Crippen molar-refractivity contribution in [3.05, 3.63) is 53.7 Å². The van der Waals surface area contributed by atoms with Crippen molar-refractivity contribution in [2.75, 3.05) is 10.2 Å². The Bertz CT molecular complexity index is 1310. The molecule has 11 heteroatoms. The Hall–Kier alpha value is -3.76. The van der Waals surface area contributed by atoms with Gasteiger partial charge in [0.2, 0.25) is 5.91 Å². The van der Waals surface area contributed by atoms with Gasteiger partial charge in [0, 0.05) is 23.9 Å². The normalized spacial score (nSPS) is 15.0. The van der Waals surface area contributed by atoms with Crippen LogP contribution in [0.25, 0.3) is 11.3 Å². The third-order valence-electron chi connectivity index (χ3n) is 5.82. The van der Waals surface area contributed by atoms with Crippen LogP contribution in [0.1, 0.15) is 49.3 Å². The molecule has 2 amide bonds. The predicted molar refractivity (Wildman–Crippen MR) is 124 cm³/mol. The van der Waals surface area contributed by atoms with Crippen molar-refractivity contribution in [1.82, 2.24) is 19.7 Å². The van der Waals surface area contributed by atoms with Crippen LogP contribution in [0.3, 0.4) is 0 Å². The number of carbonyl (C=O) groups is 2. The zero-order valence-electron chi connectivity index (χ0n) is 19.9. The van der Waals surface area contributed by atoms with E-state index in [1.807, 2.05) is 0 Å². The van der Waals surface area contributed by atoms with Gasteiger partial charge in [-0.25, -0.2) is 4.98 Å². The number of hydrogen-bond acceptors (Lipinski definition) is 5. The number of pyridine rings is 2. The molecule has 4 heterocycles. The second kappa shape index (κ2) is 8.47. The number of nitrogens with zero attached hydrogens (tertiary/aromatic N) is 5. The third kappa shape index (κ3) is 4.62. The van der Waals surface area contributed by atoms with Gasteiger partial charge in [0.15, 0.2) is 0 Å². The maximum absolute atomic E-state index is 13.4. The summed E-state index contributed by atoms with van der Waals surface area (Å²) < 4.78 is 39.1. The minimum atomic E-state index is -4.43. The molecule has 35 heavy (non-hydrogen) atoms. The summed E-state index contributed by atoms with van der Waals surface area (Å²) in [4.78, 5) is 35.8. The van der Waals surface area contributed by atoms with Crippen molar-refractivity contribution >= 4 is 23.2 Å². The minimum Gasteiger partial charge on any atom is -0.324 e. The molecular formula is C24H25F3N6O2. The van der Waals surface area contributed by atoms with E-state index < -0.39 is 18.3 Å². The fourth-order valence-electron chi connectivity index (χ4n) is 4.12. The molecule has 0 radical (unpaired) electrons. The second-order valence-corrected chi connectivity index (χ2v) is 9.37. The van der Waals surface area contributed by atoms with E-state index in [9.17, 15) is 22.8 Å². The maximum atomic E-state index is 13.4. The number of fused-ring (bicyclic) bond motifs is 1. The number of alkyl halides is 3. The lowest BCUT2D eigenvalue weighted by Gasteiger charge is -2.30.